The largest absolute Gasteiger partial charge is 0.486 e. The van der Waals surface area contributed by atoms with E-state index in [1.54, 1.807) is 0 Å². The molecule has 21 heavy (non-hydrogen) atoms. The molecule has 0 fully saturated rings. The second kappa shape index (κ2) is 6.26. The van der Waals surface area contributed by atoms with Gasteiger partial charge in [0.25, 0.3) is 0 Å². The molecule has 0 atom stereocenters. The molecule has 2 aromatic rings. The van der Waals surface area contributed by atoms with Gasteiger partial charge in [0, 0.05) is 11.0 Å². The van der Waals surface area contributed by atoms with Crippen LogP contribution in [0, 0.1) is 0 Å². The van der Waals surface area contributed by atoms with E-state index in [2.05, 4.69) is 27.3 Å². The number of nitrogens with one attached hydrogen (secondary N) is 1. The van der Waals surface area contributed by atoms with Gasteiger partial charge in [0.2, 0.25) is 0 Å². The molecule has 0 spiro atoms. The maximum atomic E-state index is 5.94. The van der Waals surface area contributed by atoms with Gasteiger partial charge < -0.3 is 20.5 Å². The van der Waals surface area contributed by atoms with Gasteiger partial charge in [-0.3, -0.25) is 0 Å². The van der Waals surface area contributed by atoms with E-state index in [4.69, 9.17) is 15.2 Å². The summed E-state index contributed by atoms with van der Waals surface area (Å²) in [7, 11) is 0. The number of halogens is 1. The van der Waals surface area contributed by atoms with Crippen molar-refractivity contribution in [3.8, 4) is 11.5 Å². The van der Waals surface area contributed by atoms with Gasteiger partial charge in [0.15, 0.2) is 11.5 Å². The van der Waals surface area contributed by atoms with E-state index in [1.165, 1.54) is 5.56 Å². The lowest BCUT2D eigenvalue weighted by atomic mass is 10.1. The van der Waals surface area contributed by atoms with Crippen molar-refractivity contribution in [2.75, 3.05) is 30.8 Å². The van der Waals surface area contributed by atoms with Gasteiger partial charge in [0.1, 0.15) is 13.2 Å². The number of nitrogens with two attached hydrogens (primary N) is 1. The maximum Gasteiger partial charge on any atom is 0.161 e. The predicted molar refractivity (Wildman–Crippen MR) is 88.2 cm³/mol. The number of benzene rings is 2. The highest BCUT2D eigenvalue weighted by molar-refractivity contribution is 9.10. The Labute approximate surface area is 132 Å². The number of nitrogen functional groups attached to an aromatic ring is 1. The van der Waals surface area contributed by atoms with Crippen molar-refractivity contribution in [1.82, 2.24) is 0 Å². The van der Waals surface area contributed by atoms with Crippen molar-refractivity contribution in [2.24, 2.45) is 0 Å². The quantitative estimate of drug-likeness (QED) is 0.830. The molecule has 5 heteroatoms. The Morgan fingerprint density at radius 1 is 1.05 bits per heavy atom. The normalized spacial score (nSPS) is 13.0. The van der Waals surface area contributed by atoms with Crippen LogP contribution in [0.2, 0.25) is 0 Å². The molecule has 1 aliphatic heterocycles. The Kier molecular flexibility index (Phi) is 4.20. The van der Waals surface area contributed by atoms with Gasteiger partial charge in [-0.15, -0.1) is 0 Å². The highest BCUT2D eigenvalue weighted by atomic mass is 79.9. The van der Waals surface area contributed by atoms with Gasteiger partial charge in [-0.2, -0.15) is 0 Å². The van der Waals surface area contributed by atoms with E-state index in [-0.39, 0.29) is 0 Å². The van der Waals surface area contributed by atoms with E-state index in [1.807, 2.05) is 30.3 Å². The molecule has 3 N–H and O–H groups in total. The third-order valence-electron chi connectivity index (χ3n) is 3.35. The molecule has 0 unspecified atom stereocenters. The smallest absolute Gasteiger partial charge is 0.161 e. The molecule has 0 amide bonds. The lowest BCUT2D eigenvalue weighted by Gasteiger charge is -2.19. The molecule has 0 bridgehead atoms. The summed E-state index contributed by atoms with van der Waals surface area (Å²) >= 11 is 3.45. The highest BCUT2D eigenvalue weighted by Gasteiger charge is 2.11. The fraction of sp³-hybridized carbons (Fsp3) is 0.250. The van der Waals surface area contributed by atoms with E-state index >= 15 is 0 Å². The van der Waals surface area contributed by atoms with Crippen LogP contribution in [0.1, 0.15) is 5.56 Å². The first-order valence-electron chi connectivity index (χ1n) is 6.90. The van der Waals surface area contributed by atoms with Gasteiger partial charge in [0.05, 0.1) is 11.4 Å². The molecule has 0 aliphatic carbocycles. The number of rotatable bonds is 4. The third-order valence-corrected chi connectivity index (χ3v) is 3.84. The monoisotopic (exact) mass is 348 g/mol. The van der Waals surface area contributed by atoms with E-state index in [0.29, 0.717) is 13.2 Å². The molecule has 1 aliphatic rings. The van der Waals surface area contributed by atoms with Gasteiger partial charge in [-0.05, 0) is 42.3 Å². The zero-order chi connectivity index (χ0) is 14.7. The number of hydrogen-bond donors (Lipinski definition) is 2. The van der Waals surface area contributed by atoms with Crippen LogP contribution in [-0.4, -0.2) is 19.8 Å². The average Bonchev–Trinajstić information content (AvgIpc) is 2.50. The van der Waals surface area contributed by atoms with Crippen LogP contribution in [0.5, 0.6) is 11.5 Å². The van der Waals surface area contributed by atoms with Crippen LogP contribution in [0.25, 0.3) is 0 Å². The van der Waals surface area contributed by atoms with Crippen molar-refractivity contribution in [3.05, 3.63) is 46.4 Å². The standard InChI is InChI=1S/C16H17BrN2O2/c17-12-2-3-13(18)14(10-12)19-6-5-11-1-4-15-16(9-11)21-8-7-20-15/h1-4,9-10,19H,5-8,18H2. The summed E-state index contributed by atoms with van der Waals surface area (Å²) in [6.07, 6.45) is 0.891. The average molecular weight is 349 g/mol. The molecule has 4 nitrogen and oxygen atoms in total. The molecule has 0 saturated heterocycles. The van der Waals surface area contributed by atoms with Crippen molar-refractivity contribution in [1.29, 1.82) is 0 Å². The third kappa shape index (κ3) is 3.42. The minimum atomic E-state index is 0.614. The van der Waals surface area contributed by atoms with E-state index < -0.39 is 0 Å². The minimum absolute atomic E-state index is 0.614. The summed E-state index contributed by atoms with van der Waals surface area (Å²) in [4.78, 5) is 0. The second-order valence-corrected chi connectivity index (χ2v) is 5.80. The summed E-state index contributed by atoms with van der Waals surface area (Å²) in [5, 5.41) is 3.36. The predicted octanol–water partition coefficient (Wildman–Crippen LogP) is 3.46. The summed E-state index contributed by atoms with van der Waals surface area (Å²) in [5.74, 6) is 1.66. The molecule has 2 aromatic carbocycles. The summed E-state index contributed by atoms with van der Waals surface area (Å²) < 4.78 is 12.1. The maximum absolute atomic E-state index is 5.94. The van der Waals surface area contributed by atoms with Crippen LogP contribution in [0.4, 0.5) is 11.4 Å². The Morgan fingerprint density at radius 2 is 1.86 bits per heavy atom. The Bertz CT molecular complexity index is 646. The summed E-state index contributed by atoms with van der Waals surface area (Å²) in [6, 6.07) is 11.9. The van der Waals surface area contributed by atoms with E-state index in [0.717, 1.165) is 40.3 Å². The number of anilines is 2. The zero-order valence-electron chi connectivity index (χ0n) is 11.6. The van der Waals surface area contributed by atoms with Gasteiger partial charge in [-0.1, -0.05) is 22.0 Å². The molecule has 3 rings (SSSR count). The van der Waals surface area contributed by atoms with Gasteiger partial charge >= 0.3 is 0 Å². The van der Waals surface area contributed by atoms with Crippen LogP contribution in [0.15, 0.2) is 40.9 Å². The first-order valence-corrected chi connectivity index (χ1v) is 7.69. The van der Waals surface area contributed by atoms with Crippen molar-refractivity contribution < 1.29 is 9.47 Å². The summed E-state index contributed by atoms with van der Waals surface area (Å²) in [6.45, 7) is 2.04. The molecular weight excluding hydrogens is 332 g/mol. The Balaban J connectivity index is 1.61. The molecule has 0 saturated carbocycles. The Morgan fingerprint density at radius 3 is 2.71 bits per heavy atom. The second-order valence-electron chi connectivity index (χ2n) is 4.89. The minimum Gasteiger partial charge on any atom is -0.486 e. The lowest BCUT2D eigenvalue weighted by molar-refractivity contribution is 0.171. The van der Waals surface area contributed by atoms with Crippen molar-refractivity contribution in [2.45, 2.75) is 6.42 Å². The van der Waals surface area contributed by atoms with Crippen LogP contribution in [-0.2, 0) is 6.42 Å². The van der Waals surface area contributed by atoms with Crippen molar-refractivity contribution in [3.63, 3.8) is 0 Å². The molecule has 0 aromatic heterocycles. The molecule has 110 valence electrons. The first kappa shape index (κ1) is 14.1. The fourth-order valence-corrected chi connectivity index (χ4v) is 2.63. The Hall–Kier alpha value is -1.88. The zero-order valence-corrected chi connectivity index (χ0v) is 13.2. The van der Waals surface area contributed by atoms with Crippen LogP contribution < -0.4 is 20.5 Å². The molecule has 0 radical (unpaired) electrons. The highest BCUT2D eigenvalue weighted by Crippen LogP contribution is 2.31. The SMILES string of the molecule is Nc1ccc(Br)cc1NCCc1ccc2c(c1)OCCO2. The fourth-order valence-electron chi connectivity index (χ4n) is 2.27. The van der Waals surface area contributed by atoms with Crippen LogP contribution >= 0.6 is 15.9 Å². The van der Waals surface area contributed by atoms with Crippen LogP contribution in [0.3, 0.4) is 0 Å². The molecular formula is C16H17BrN2O2. The van der Waals surface area contributed by atoms with Gasteiger partial charge in [-0.25, -0.2) is 0 Å². The first-order chi connectivity index (χ1) is 10.2. The summed E-state index contributed by atoms with van der Waals surface area (Å²) in [5.41, 5.74) is 8.85. The number of hydrogen-bond acceptors (Lipinski definition) is 4. The number of ether oxygens (including phenoxy) is 2. The lowest BCUT2D eigenvalue weighted by Crippen LogP contribution is -2.15. The topological polar surface area (TPSA) is 56.5 Å². The number of fused-ring (bicyclic) bond motifs is 1. The van der Waals surface area contributed by atoms with E-state index in [9.17, 15) is 0 Å². The molecule has 1 heterocycles. The van der Waals surface area contributed by atoms with Crippen molar-refractivity contribution >= 4 is 27.3 Å².